The van der Waals surface area contributed by atoms with Gasteiger partial charge < -0.3 is 4.74 Å². The number of carbonyl (C=O) groups is 1. The van der Waals surface area contributed by atoms with Crippen molar-refractivity contribution in [3.8, 4) is 5.75 Å². The third-order valence-electron chi connectivity index (χ3n) is 2.38. The van der Waals surface area contributed by atoms with Gasteiger partial charge in [-0.1, -0.05) is 17.3 Å². The van der Waals surface area contributed by atoms with E-state index in [0.29, 0.717) is 23.6 Å². The fourth-order valence-corrected chi connectivity index (χ4v) is 1.57. The van der Waals surface area contributed by atoms with Gasteiger partial charge in [-0.15, -0.1) is 5.10 Å². The van der Waals surface area contributed by atoms with Crippen molar-refractivity contribution < 1.29 is 9.53 Å². The Balaban J connectivity index is 2.40. The topological polar surface area (TPSA) is 57.0 Å². The second-order valence-electron chi connectivity index (χ2n) is 3.50. The molecule has 0 unspecified atom stereocenters. The zero-order valence-corrected chi connectivity index (χ0v) is 9.75. The summed E-state index contributed by atoms with van der Waals surface area (Å²) in [6.07, 6.45) is 1.45. The monoisotopic (exact) mass is 231 g/mol. The minimum absolute atomic E-state index is 0.137. The molecule has 0 N–H and O–H groups in total. The van der Waals surface area contributed by atoms with Crippen molar-refractivity contribution in [3.63, 3.8) is 0 Å². The lowest BCUT2D eigenvalue weighted by Gasteiger charge is -2.08. The Kier molecular flexibility index (Phi) is 3.18. The summed E-state index contributed by atoms with van der Waals surface area (Å²) in [5.41, 5.74) is 0.969. The lowest BCUT2D eigenvalue weighted by molar-refractivity contribution is 0.102. The molecular weight excluding hydrogens is 218 g/mol. The number of rotatable bonds is 4. The van der Waals surface area contributed by atoms with Gasteiger partial charge in [0.15, 0.2) is 0 Å². The maximum Gasteiger partial charge on any atom is 0.216 e. The number of aryl methyl sites for hydroxylation is 1. The molecule has 1 aromatic heterocycles. The molecule has 2 aromatic rings. The van der Waals surface area contributed by atoms with Crippen LogP contribution in [0.2, 0.25) is 0 Å². The first-order valence-corrected chi connectivity index (χ1v) is 5.35. The SMILES string of the molecule is CCOc1ccccc1C(=O)c1cnnn1C. The third-order valence-corrected chi connectivity index (χ3v) is 2.38. The molecule has 0 aliphatic rings. The summed E-state index contributed by atoms with van der Waals surface area (Å²) >= 11 is 0. The van der Waals surface area contributed by atoms with E-state index >= 15 is 0 Å². The number of hydrogen-bond donors (Lipinski definition) is 0. The Morgan fingerprint density at radius 1 is 1.41 bits per heavy atom. The number of para-hydroxylation sites is 1. The zero-order valence-electron chi connectivity index (χ0n) is 9.75. The highest BCUT2D eigenvalue weighted by Crippen LogP contribution is 2.20. The molecule has 0 saturated heterocycles. The highest BCUT2D eigenvalue weighted by atomic mass is 16.5. The molecular formula is C12H13N3O2. The molecule has 1 heterocycles. The fourth-order valence-electron chi connectivity index (χ4n) is 1.57. The van der Waals surface area contributed by atoms with Gasteiger partial charge in [0.05, 0.1) is 18.4 Å². The molecule has 0 aliphatic carbocycles. The average Bonchev–Trinajstić information content (AvgIpc) is 2.76. The minimum Gasteiger partial charge on any atom is -0.493 e. The van der Waals surface area contributed by atoms with E-state index in [-0.39, 0.29) is 5.78 Å². The molecule has 0 atom stereocenters. The van der Waals surface area contributed by atoms with Gasteiger partial charge in [0.1, 0.15) is 11.4 Å². The number of ketones is 1. The number of hydrogen-bond acceptors (Lipinski definition) is 4. The normalized spacial score (nSPS) is 10.2. The van der Waals surface area contributed by atoms with E-state index in [4.69, 9.17) is 4.74 Å². The predicted molar refractivity (Wildman–Crippen MR) is 62.0 cm³/mol. The molecule has 0 spiro atoms. The summed E-state index contributed by atoms with van der Waals surface area (Å²) in [5.74, 6) is 0.447. The van der Waals surface area contributed by atoms with Crippen LogP contribution in [-0.2, 0) is 7.05 Å². The number of ether oxygens (including phenoxy) is 1. The highest BCUT2D eigenvalue weighted by molar-refractivity contribution is 6.09. The van der Waals surface area contributed by atoms with Crippen LogP contribution < -0.4 is 4.74 Å². The Bertz CT molecular complexity index is 534. The van der Waals surface area contributed by atoms with E-state index in [2.05, 4.69) is 10.3 Å². The van der Waals surface area contributed by atoms with E-state index in [1.165, 1.54) is 10.9 Å². The molecule has 2 rings (SSSR count). The molecule has 0 amide bonds. The summed E-state index contributed by atoms with van der Waals surface area (Å²) in [6, 6.07) is 7.16. The van der Waals surface area contributed by atoms with E-state index in [9.17, 15) is 4.79 Å². The molecule has 17 heavy (non-hydrogen) atoms. The van der Waals surface area contributed by atoms with Crippen LogP contribution in [0.3, 0.4) is 0 Å². The maximum absolute atomic E-state index is 12.2. The number of carbonyl (C=O) groups excluding carboxylic acids is 1. The molecule has 5 heteroatoms. The van der Waals surface area contributed by atoms with Crippen LogP contribution in [0.15, 0.2) is 30.5 Å². The van der Waals surface area contributed by atoms with Crippen molar-refractivity contribution in [2.75, 3.05) is 6.61 Å². The van der Waals surface area contributed by atoms with Crippen molar-refractivity contribution >= 4 is 5.78 Å². The van der Waals surface area contributed by atoms with Crippen LogP contribution in [0.25, 0.3) is 0 Å². The first-order chi connectivity index (χ1) is 8.24. The fraction of sp³-hybridized carbons (Fsp3) is 0.250. The molecule has 1 aromatic carbocycles. The lowest BCUT2D eigenvalue weighted by Crippen LogP contribution is -2.10. The molecule has 5 nitrogen and oxygen atoms in total. The van der Waals surface area contributed by atoms with Gasteiger partial charge in [0.25, 0.3) is 0 Å². The molecule has 0 bridgehead atoms. The van der Waals surface area contributed by atoms with Gasteiger partial charge in [-0.2, -0.15) is 0 Å². The van der Waals surface area contributed by atoms with Gasteiger partial charge in [-0.05, 0) is 19.1 Å². The summed E-state index contributed by atoms with van der Waals surface area (Å²) in [5, 5.41) is 7.44. The number of aromatic nitrogens is 3. The average molecular weight is 231 g/mol. The third kappa shape index (κ3) is 2.18. The van der Waals surface area contributed by atoms with E-state index in [0.717, 1.165) is 0 Å². The van der Waals surface area contributed by atoms with Crippen molar-refractivity contribution in [3.05, 3.63) is 41.7 Å². The predicted octanol–water partition coefficient (Wildman–Crippen LogP) is 1.44. The lowest BCUT2D eigenvalue weighted by atomic mass is 10.1. The minimum atomic E-state index is -0.137. The van der Waals surface area contributed by atoms with Crippen molar-refractivity contribution in [1.29, 1.82) is 0 Å². The number of nitrogens with zero attached hydrogens (tertiary/aromatic N) is 3. The van der Waals surface area contributed by atoms with Gasteiger partial charge in [0, 0.05) is 7.05 Å². The maximum atomic E-state index is 12.2. The molecule has 0 aliphatic heterocycles. The van der Waals surface area contributed by atoms with Crippen molar-refractivity contribution in [1.82, 2.24) is 15.0 Å². The second-order valence-corrected chi connectivity index (χ2v) is 3.50. The Hall–Kier alpha value is -2.17. The summed E-state index contributed by atoms with van der Waals surface area (Å²) in [6.45, 7) is 2.40. The number of benzene rings is 1. The van der Waals surface area contributed by atoms with Crippen LogP contribution in [0.4, 0.5) is 0 Å². The largest absolute Gasteiger partial charge is 0.493 e. The van der Waals surface area contributed by atoms with E-state index < -0.39 is 0 Å². The quantitative estimate of drug-likeness (QED) is 0.747. The van der Waals surface area contributed by atoms with Gasteiger partial charge in [-0.3, -0.25) is 4.79 Å². The van der Waals surface area contributed by atoms with E-state index in [1.54, 1.807) is 25.2 Å². The highest BCUT2D eigenvalue weighted by Gasteiger charge is 2.17. The van der Waals surface area contributed by atoms with Crippen LogP contribution in [-0.4, -0.2) is 27.4 Å². The molecule has 0 saturated carbocycles. The van der Waals surface area contributed by atoms with Crippen LogP contribution in [0, 0.1) is 0 Å². The summed E-state index contributed by atoms with van der Waals surface area (Å²) in [7, 11) is 1.68. The first kappa shape index (κ1) is 11.3. The summed E-state index contributed by atoms with van der Waals surface area (Å²) in [4.78, 5) is 12.2. The second kappa shape index (κ2) is 4.78. The summed E-state index contributed by atoms with van der Waals surface area (Å²) < 4.78 is 6.87. The van der Waals surface area contributed by atoms with Gasteiger partial charge >= 0.3 is 0 Å². The first-order valence-electron chi connectivity index (χ1n) is 5.35. The Morgan fingerprint density at radius 3 is 2.82 bits per heavy atom. The van der Waals surface area contributed by atoms with Crippen LogP contribution in [0.1, 0.15) is 23.0 Å². The van der Waals surface area contributed by atoms with Crippen LogP contribution >= 0.6 is 0 Å². The van der Waals surface area contributed by atoms with Gasteiger partial charge in [0.2, 0.25) is 5.78 Å². The Labute approximate surface area is 99.0 Å². The smallest absolute Gasteiger partial charge is 0.216 e. The molecule has 0 radical (unpaired) electrons. The zero-order chi connectivity index (χ0) is 12.3. The standard InChI is InChI=1S/C12H13N3O2/c1-3-17-11-7-5-4-6-9(11)12(16)10-8-13-14-15(10)2/h4-8H,3H2,1-2H3. The van der Waals surface area contributed by atoms with Crippen LogP contribution in [0.5, 0.6) is 5.75 Å². The van der Waals surface area contributed by atoms with Crippen molar-refractivity contribution in [2.24, 2.45) is 7.05 Å². The molecule has 0 fully saturated rings. The van der Waals surface area contributed by atoms with E-state index in [1.807, 2.05) is 13.0 Å². The molecule has 88 valence electrons. The van der Waals surface area contributed by atoms with Gasteiger partial charge in [-0.25, -0.2) is 4.68 Å². The van der Waals surface area contributed by atoms with Crippen molar-refractivity contribution in [2.45, 2.75) is 6.92 Å². The Morgan fingerprint density at radius 2 is 2.18 bits per heavy atom.